The van der Waals surface area contributed by atoms with E-state index in [-0.39, 0.29) is 24.6 Å². The van der Waals surface area contributed by atoms with Gasteiger partial charge in [0.2, 0.25) is 5.91 Å². The standard InChI is InChI=1S/C14H17NO4S/c1-9-4-2-3-5-12(9)20-8-13(17)15-7-10(16)6-11(15)14(18)19/h2-5,10-11,16H,6-8H2,1H3,(H,18,19). The van der Waals surface area contributed by atoms with Gasteiger partial charge in [-0.3, -0.25) is 4.79 Å². The molecule has 0 spiro atoms. The Morgan fingerprint density at radius 2 is 2.10 bits per heavy atom. The first kappa shape index (κ1) is 14.9. The minimum absolute atomic E-state index is 0.101. The van der Waals surface area contributed by atoms with Crippen LogP contribution in [0.15, 0.2) is 29.2 Å². The Kier molecular flexibility index (Phi) is 4.67. The predicted octanol–water partition coefficient (Wildman–Crippen LogP) is 1.13. The van der Waals surface area contributed by atoms with Gasteiger partial charge >= 0.3 is 5.97 Å². The number of rotatable bonds is 4. The zero-order valence-electron chi connectivity index (χ0n) is 11.2. The Labute approximate surface area is 121 Å². The highest BCUT2D eigenvalue weighted by Crippen LogP contribution is 2.24. The number of hydrogen-bond acceptors (Lipinski definition) is 4. The smallest absolute Gasteiger partial charge is 0.326 e. The number of likely N-dealkylation sites (tertiary alicyclic amines) is 1. The van der Waals surface area contributed by atoms with Gasteiger partial charge in [0.15, 0.2) is 0 Å². The lowest BCUT2D eigenvalue weighted by Gasteiger charge is -2.21. The van der Waals surface area contributed by atoms with Crippen LogP contribution in [0.1, 0.15) is 12.0 Å². The topological polar surface area (TPSA) is 77.8 Å². The second-order valence-electron chi connectivity index (χ2n) is 4.84. The molecule has 5 nitrogen and oxygen atoms in total. The molecule has 1 aromatic carbocycles. The number of hydrogen-bond donors (Lipinski definition) is 2. The normalized spacial score (nSPS) is 22.0. The average Bonchev–Trinajstić information content (AvgIpc) is 2.80. The summed E-state index contributed by atoms with van der Waals surface area (Å²) in [5.41, 5.74) is 1.08. The van der Waals surface area contributed by atoms with Crippen LogP contribution in [0.3, 0.4) is 0 Å². The van der Waals surface area contributed by atoms with Gasteiger partial charge in [0.1, 0.15) is 6.04 Å². The monoisotopic (exact) mass is 295 g/mol. The van der Waals surface area contributed by atoms with Crippen molar-refractivity contribution in [2.75, 3.05) is 12.3 Å². The third-order valence-corrected chi connectivity index (χ3v) is 4.49. The molecule has 6 heteroatoms. The van der Waals surface area contributed by atoms with Crippen molar-refractivity contribution >= 4 is 23.6 Å². The van der Waals surface area contributed by atoms with Gasteiger partial charge in [-0.15, -0.1) is 11.8 Å². The third kappa shape index (κ3) is 3.32. The van der Waals surface area contributed by atoms with Gasteiger partial charge < -0.3 is 15.1 Å². The van der Waals surface area contributed by atoms with Crippen molar-refractivity contribution in [1.29, 1.82) is 0 Å². The Balaban J connectivity index is 1.98. The van der Waals surface area contributed by atoms with E-state index in [0.29, 0.717) is 0 Å². The Hall–Kier alpha value is -1.53. The molecule has 2 N–H and O–H groups in total. The molecule has 1 fully saturated rings. The highest BCUT2D eigenvalue weighted by molar-refractivity contribution is 8.00. The molecule has 0 aromatic heterocycles. The van der Waals surface area contributed by atoms with Crippen molar-refractivity contribution in [3.63, 3.8) is 0 Å². The van der Waals surface area contributed by atoms with E-state index in [1.54, 1.807) is 0 Å². The van der Waals surface area contributed by atoms with Crippen LogP contribution in [0.4, 0.5) is 0 Å². The SMILES string of the molecule is Cc1ccccc1SCC(=O)N1CC(O)CC1C(=O)O. The van der Waals surface area contributed by atoms with Crippen LogP contribution in [0.25, 0.3) is 0 Å². The number of carbonyl (C=O) groups excluding carboxylic acids is 1. The molecule has 0 radical (unpaired) electrons. The number of aliphatic hydroxyl groups is 1. The molecular weight excluding hydrogens is 278 g/mol. The number of carboxylic acids is 1. The van der Waals surface area contributed by atoms with E-state index in [1.165, 1.54) is 16.7 Å². The highest BCUT2D eigenvalue weighted by Gasteiger charge is 2.38. The number of amides is 1. The number of aliphatic carboxylic acids is 1. The molecular formula is C14H17NO4S. The van der Waals surface area contributed by atoms with Crippen LogP contribution in [0.5, 0.6) is 0 Å². The van der Waals surface area contributed by atoms with Crippen molar-refractivity contribution in [1.82, 2.24) is 4.90 Å². The molecule has 1 amide bonds. The van der Waals surface area contributed by atoms with Crippen LogP contribution in [0.2, 0.25) is 0 Å². The summed E-state index contributed by atoms with van der Waals surface area (Å²) >= 11 is 1.39. The molecule has 108 valence electrons. The molecule has 1 aliphatic rings. The summed E-state index contributed by atoms with van der Waals surface area (Å²) in [6, 6.07) is 6.82. The van der Waals surface area contributed by atoms with Crippen LogP contribution in [0, 0.1) is 6.92 Å². The maximum absolute atomic E-state index is 12.1. The highest BCUT2D eigenvalue weighted by atomic mass is 32.2. The van der Waals surface area contributed by atoms with E-state index in [0.717, 1.165) is 10.5 Å². The fourth-order valence-corrected chi connectivity index (χ4v) is 3.18. The molecule has 2 rings (SSSR count). The largest absolute Gasteiger partial charge is 0.480 e. The summed E-state index contributed by atoms with van der Waals surface area (Å²) < 4.78 is 0. The van der Waals surface area contributed by atoms with Crippen molar-refractivity contribution in [2.24, 2.45) is 0 Å². The van der Waals surface area contributed by atoms with Gasteiger partial charge in [-0.1, -0.05) is 18.2 Å². The molecule has 2 unspecified atom stereocenters. The molecule has 1 aliphatic heterocycles. The van der Waals surface area contributed by atoms with Gasteiger partial charge in [-0.25, -0.2) is 4.79 Å². The Morgan fingerprint density at radius 1 is 1.40 bits per heavy atom. The van der Waals surface area contributed by atoms with Gasteiger partial charge in [-0.05, 0) is 18.6 Å². The van der Waals surface area contributed by atoms with E-state index in [9.17, 15) is 14.7 Å². The number of thioether (sulfide) groups is 1. The average molecular weight is 295 g/mol. The lowest BCUT2D eigenvalue weighted by molar-refractivity contribution is -0.147. The van der Waals surface area contributed by atoms with Crippen molar-refractivity contribution in [2.45, 2.75) is 30.4 Å². The number of carbonyl (C=O) groups is 2. The molecule has 1 aromatic rings. The zero-order valence-corrected chi connectivity index (χ0v) is 12.0. The molecule has 0 bridgehead atoms. The van der Waals surface area contributed by atoms with Crippen LogP contribution in [-0.2, 0) is 9.59 Å². The predicted molar refractivity (Wildman–Crippen MR) is 75.7 cm³/mol. The fourth-order valence-electron chi connectivity index (χ4n) is 2.26. The van der Waals surface area contributed by atoms with Gasteiger partial charge in [-0.2, -0.15) is 0 Å². The lowest BCUT2D eigenvalue weighted by Crippen LogP contribution is -2.41. The maximum Gasteiger partial charge on any atom is 0.326 e. The first-order valence-electron chi connectivity index (χ1n) is 6.38. The second kappa shape index (κ2) is 6.28. The van der Waals surface area contributed by atoms with E-state index >= 15 is 0 Å². The van der Waals surface area contributed by atoms with Crippen molar-refractivity contribution in [3.8, 4) is 0 Å². The van der Waals surface area contributed by atoms with Crippen molar-refractivity contribution < 1.29 is 19.8 Å². The second-order valence-corrected chi connectivity index (χ2v) is 5.86. The Morgan fingerprint density at radius 3 is 2.75 bits per heavy atom. The molecule has 1 heterocycles. The fraction of sp³-hybridized carbons (Fsp3) is 0.429. The van der Waals surface area contributed by atoms with Gasteiger partial charge in [0, 0.05) is 17.9 Å². The summed E-state index contributed by atoms with van der Waals surface area (Å²) in [6.07, 6.45) is -0.640. The minimum atomic E-state index is -1.06. The number of aliphatic hydroxyl groups excluding tert-OH is 1. The molecule has 0 aliphatic carbocycles. The quantitative estimate of drug-likeness (QED) is 0.814. The van der Waals surface area contributed by atoms with Crippen LogP contribution in [-0.4, -0.2) is 51.4 Å². The minimum Gasteiger partial charge on any atom is -0.480 e. The molecule has 1 saturated heterocycles. The van der Waals surface area contributed by atoms with Crippen LogP contribution >= 0.6 is 11.8 Å². The third-order valence-electron chi connectivity index (χ3n) is 3.33. The number of aryl methyl sites for hydroxylation is 1. The zero-order chi connectivity index (χ0) is 14.7. The Bertz CT molecular complexity index is 520. The number of nitrogens with zero attached hydrogens (tertiary/aromatic N) is 1. The van der Waals surface area contributed by atoms with Crippen LogP contribution < -0.4 is 0 Å². The summed E-state index contributed by atoms with van der Waals surface area (Å²) in [7, 11) is 0. The summed E-state index contributed by atoms with van der Waals surface area (Å²) in [6.45, 7) is 2.07. The maximum atomic E-state index is 12.1. The summed E-state index contributed by atoms with van der Waals surface area (Å²) in [5.74, 6) is -1.13. The lowest BCUT2D eigenvalue weighted by atomic mass is 10.2. The number of benzene rings is 1. The first-order valence-corrected chi connectivity index (χ1v) is 7.36. The van der Waals surface area contributed by atoms with E-state index in [4.69, 9.17) is 5.11 Å². The van der Waals surface area contributed by atoms with Crippen molar-refractivity contribution in [3.05, 3.63) is 29.8 Å². The first-order chi connectivity index (χ1) is 9.49. The number of carboxylic acid groups (broad SMARTS) is 1. The van der Waals surface area contributed by atoms with Gasteiger partial charge in [0.05, 0.1) is 11.9 Å². The molecule has 20 heavy (non-hydrogen) atoms. The van der Waals surface area contributed by atoms with Gasteiger partial charge in [0.25, 0.3) is 0 Å². The number of β-amino-alcohol motifs (C(OH)–C–C–N with tert-alkyl or cyclic N) is 1. The van der Waals surface area contributed by atoms with E-state index in [2.05, 4.69) is 0 Å². The van der Waals surface area contributed by atoms with E-state index in [1.807, 2.05) is 31.2 Å². The van der Waals surface area contributed by atoms with E-state index < -0.39 is 18.1 Å². The molecule has 0 saturated carbocycles. The molecule has 2 atom stereocenters. The summed E-state index contributed by atoms with van der Waals surface area (Å²) in [4.78, 5) is 25.5. The summed E-state index contributed by atoms with van der Waals surface area (Å²) in [5, 5.41) is 18.6.